The largest absolute Gasteiger partial charge is 0.357 e. The first-order chi connectivity index (χ1) is 8.88. The minimum Gasteiger partial charge on any atom is -0.357 e. The summed E-state index contributed by atoms with van der Waals surface area (Å²) >= 11 is 0. The first-order valence-corrected chi connectivity index (χ1v) is 6.91. The zero-order valence-corrected chi connectivity index (χ0v) is 13.8. The Morgan fingerprint density at radius 1 is 1.42 bits per heavy atom. The van der Waals surface area contributed by atoms with Crippen LogP contribution in [0, 0.1) is 0 Å². The molecule has 1 saturated carbocycles. The summed E-state index contributed by atoms with van der Waals surface area (Å²) in [5.41, 5.74) is 1.04. The molecular weight excluding hydrogens is 353 g/mol. The van der Waals surface area contributed by atoms with E-state index in [-0.39, 0.29) is 24.0 Å². The van der Waals surface area contributed by atoms with Gasteiger partial charge < -0.3 is 10.6 Å². The Hall–Kier alpha value is -0.790. The number of rotatable bonds is 4. The number of nitrogens with zero attached hydrogens (tertiary/aromatic N) is 2. The zero-order valence-electron chi connectivity index (χ0n) is 11.5. The number of nitrogens with one attached hydrogen (secondary N) is 3. The molecule has 0 amide bonds. The number of H-pyrrole nitrogens is 1. The van der Waals surface area contributed by atoms with Crippen LogP contribution in [0.5, 0.6) is 0 Å². The predicted molar refractivity (Wildman–Crippen MR) is 88.8 cm³/mol. The lowest BCUT2D eigenvalue weighted by molar-refractivity contribution is 0.410. The van der Waals surface area contributed by atoms with Gasteiger partial charge >= 0.3 is 0 Å². The van der Waals surface area contributed by atoms with Crippen LogP contribution in [-0.2, 0) is 6.54 Å². The Kier molecular flexibility index (Phi) is 7.85. The van der Waals surface area contributed by atoms with E-state index in [0.29, 0.717) is 12.6 Å². The molecule has 1 aliphatic rings. The smallest absolute Gasteiger partial charge is 0.191 e. The van der Waals surface area contributed by atoms with Gasteiger partial charge in [0, 0.05) is 18.8 Å². The molecule has 0 spiro atoms. The van der Waals surface area contributed by atoms with Gasteiger partial charge in [-0.1, -0.05) is 19.3 Å². The third-order valence-electron chi connectivity index (χ3n) is 3.26. The van der Waals surface area contributed by atoms with Crippen molar-refractivity contribution >= 4 is 29.9 Å². The molecule has 19 heavy (non-hydrogen) atoms. The number of halogens is 1. The van der Waals surface area contributed by atoms with Gasteiger partial charge in [-0.25, -0.2) is 4.99 Å². The average Bonchev–Trinajstić information content (AvgIpc) is 2.91. The summed E-state index contributed by atoms with van der Waals surface area (Å²) in [6, 6.07) is 2.53. The van der Waals surface area contributed by atoms with E-state index in [1.165, 1.54) is 32.1 Å². The highest BCUT2D eigenvalue weighted by atomic mass is 127. The van der Waals surface area contributed by atoms with E-state index in [1.807, 2.05) is 6.07 Å². The molecule has 0 aromatic carbocycles. The summed E-state index contributed by atoms with van der Waals surface area (Å²) in [5, 5.41) is 13.7. The van der Waals surface area contributed by atoms with Crippen molar-refractivity contribution < 1.29 is 0 Å². The summed E-state index contributed by atoms with van der Waals surface area (Å²) in [5.74, 6) is 0.916. The second-order valence-electron chi connectivity index (χ2n) is 4.76. The maximum atomic E-state index is 4.57. The predicted octanol–water partition coefficient (Wildman–Crippen LogP) is 2.42. The highest BCUT2D eigenvalue weighted by molar-refractivity contribution is 14.0. The van der Waals surface area contributed by atoms with Gasteiger partial charge in [0.25, 0.3) is 0 Å². The molecule has 2 rings (SSSR count). The Balaban J connectivity index is 0.00000180. The number of aromatic amines is 1. The minimum atomic E-state index is 0. The van der Waals surface area contributed by atoms with Crippen LogP contribution in [-0.4, -0.2) is 28.7 Å². The molecule has 108 valence electrons. The SMILES string of the molecule is CCNC(=NCc1ccn[nH]1)NC1CCCCC1.I. The fourth-order valence-corrected chi connectivity index (χ4v) is 2.30. The summed E-state index contributed by atoms with van der Waals surface area (Å²) in [4.78, 5) is 4.57. The second kappa shape index (κ2) is 9.17. The lowest BCUT2D eigenvalue weighted by atomic mass is 9.96. The molecule has 1 fully saturated rings. The third kappa shape index (κ3) is 5.80. The lowest BCUT2D eigenvalue weighted by Gasteiger charge is -2.24. The van der Waals surface area contributed by atoms with E-state index in [9.17, 15) is 0 Å². The van der Waals surface area contributed by atoms with Gasteiger partial charge in [0.2, 0.25) is 0 Å². The fraction of sp³-hybridized carbons (Fsp3) is 0.692. The van der Waals surface area contributed by atoms with E-state index in [4.69, 9.17) is 0 Å². The Labute approximate surface area is 132 Å². The van der Waals surface area contributed by atoms with E-state index in [1.54, 1.807) is 6.20 Å². The van der Waals surface area contributed by atoms with Crippen molar-refractivity contribution in [2.24, 2.45) is 4.99 Å². The van der Waals surface area contributed by atoms with Crippen molar-refractivity contribution in [3.05, 3.63) is 18.0 Å². The molecule has 0 radical (unpaired) electrons. The molecule has 0 atom stereocenters. The van der Waals surface area contributed by atoms with Crippen molar-refractivity contribution in [2.45, 2.75) is 51.6 Å². The molecule has 5 nitrogen and oxygen atoms in total. The number of hydrogen-bond acceptors (Lipinski definition) is 2. The molecule has 0 aliphatic heterocycles. The number of guanidine groups is 1. The van der Waals surface area contributed by atoms with Crippen molar-refractivity contribution in [2.75, 3.05) is 6.54 Å². The van der Waals surface area contributed by atoms with Crippen LogP contribution in [0.4, 0.5) is 0 Å². The van der Waals surface area contributed by atoms with Gasteiger partial charge in [-0.2, -0.15) is 5.10 Å². The molecule has 1 aromatic rings. The van der Waals surface area contributed by atoms with Crippen LogP contribution in [0.1, 0.15) is 44.7 Å². The van der Waals surface area contributed by atoms with Crippen molar-refractivity contribution in [3.63, 3.8) is 0 Å². The molecule has 0 saturated heterocycles. The zero-order chi connectivity index (χ0) is 12.6. The van der Waals surface area contributed by atoms with Crippen molar-refractivity contribution in [3.8, 4) is 0 Å². The lowest BCUT2D eigenvalue weighted by Crippen LogP contribution is -2.44. The molecule has 6 heteroatoms. The van der Waals surface area contributed by atoms with Crippen molar-refractivity contribution in [1.29, 1.82) is 0 Å². The van der Waals surface area contributed by atoms with E-state index in [2.05, 4.69) is 32.7 Å². The fourth-order valence-electron chi connectivity index (χ4n) is 2.30. The first kappa shape index (κ1) is 16.3. The monoisotopic (exact) mass is 377 g/mol. The Bertz CT molecular complexity index is 357. The third-order valence-corrected chi connectivity index (χ3v) is 3.26. The van der Waals surface area contributed by atoms with Gasteiger partial charge in [0.1, 0.15) is 0 Å². The van der Waals surface area contributed by atoms with E-state index < -0.39 is 0 Å². The summed E-state index contributed by atoms with van der Waals surface area (Å²) in [6.45, 7) is 3.62. The molecule has 1 heterocycles. The standard InChI is InChI=1S/C13H23N5.HI/c1-2-14-13(15-10-12-8-9-16-18-12)17-11-6-4-3-5-7-11;/h8-9,11H,2-7,10H2,1H3,(H,16,18)(H2,14,15,17);1H. The highest BCUT2D eigenvalue weighted by Gasteiger charge is 2.14. The number of aromatic nitrogens is 2. The molecule has 1 aromatic heterocycles. The van der Waals surface area contributed by atoms with Gasteiger partial charge in [0.15, 0.2) is 5.96 Å². The summed E-state index contributed by atoms with van der Waals surface area (Å²) in [7, 11) is 0. The van der Waals surface area contributed by atoms with E-state index >= 15 is 0 Å². The van der Waals surface area contributed by atoms with Crippen LogP contribution in [0.2, 0.25) is 0 Å². The highest BCUT2D eigenvalue weighted by Crippen LogP contribution is 2.17. The minimum absolute atomic E-state index is 0. The quantitative estimate of drug-likeness (QED) is 0.429. The topological polar surface area (TPSA) is 65.1 Å². The van der Waals surface area contributed by atoms with Crippen LogP contribution in [0.25, 0.3) is 0 Å². The maximum absolute atomic E-state index is 4.57. The summed E-state index contributed by atoms with van der Waals surface area (Å²) < 4.78 is 0. The van der Waals surface area contributed by atoms with Gasteiger partial charge in [-0.05, 0) is 25.8 Å². The maximum Gasteiger partial charge on any atom is 0.191 e. The number of hydrogen-bond donors (Lipinski definition) is 3. The molecule has 0 unspecified atom stereocenters. The van der Waals surface area contributed by atoms with Crippen LogP contribution in [0.15, 0.2) is 17.3 Å². The Morgan fingerprint density at radius 3 is 2.84 bits per heavy atom. The average molecular weight is 377 g/mol. The van der Waals surface area contributed by atoms with Gasteiger partial charge in [-0.15, -0.1) is 24.0 Å². The first-order valence-electron chi connectivity index (χ1n) is 6.91. The normalized spacial score (nSPS) is 16.8. The molecule has 1 aliphatic carbocycles. The molecule has 3 N–H and O–H groups in total. The van der Waals surface area contributed by atoms with E-state index in [0.717, 1.165) is 18.2 Å². The van der Waals surface area contributed by atoms with Crippen LogP contribution < -0.4 is 10.6 Å². The van der Waals surface area contributed by atoms with Crippen LogP contribution >= 0.6 is 24.0 Å². The van der Waals surface area contributed by atoms with Gasteiger partial charge in [-0.3, -0.25) is 5.10 Å². The summed E-state index contributed by atoms with van der Waals surface area (Å²) in [6.07, 6.45) is 8.31. The Morgan fingerprint density at radius 2 is 2.21 bits per heavy atom. The van der Waals surface area contributed by atoms with Gasteiger partial charge in [0.05, 0.1) is 12.2 Å². The molecular formula is C13H24IN5. The van der Waals surface area contributed by atoms with Crippen LogP contribution in [0.3, 0.4) is 0 Å². The number of aliphatic imine (C=N–C) groups is 1. The second-order valence-corrected chi connectivity index (χ2v) is 4.76. The van der Waals surface area contributed by atoms with Crippen molar-refractivity contribution in [1.82, 2.24) is 20.8 Å². The molecule has 0 bridgehead atoms.